The van der Waals surface area contributed by atoms with Crippen molar-refractivity contribution >= 4 is 0 Å². The lowest BCUT2D eigenvalue weighted by Crippen LogP contribution is -2.45. The normalized spacial score (nSPS) is 31.7. The van der Waals surface area contributed by atoms with E-state index < -0.39 is 5.60 Å². The van der Waals surface area contributed by atoms with Crippen molar-refractivity contribution in [2.24, 2.45) is 0 Å². The Morgan fingerprint density at radius 1 is 1.47 bits per heavy atom. The van der Waals surface area contributed by atoms with Crippen LogP contribution in [0.5, 0.6) is 17.5 Å². The fraction of sp³-hybridized carbons (Fsp3) is 0.500. The van der Waals surface area contributed by atoms with Crippen LogP contribution in [0.25, 0.3) is 0 Å². The number of nitrogens with zero attached hydrogens (tertiary/aromatic N) is 1. The van der Waals surface area contributed by atoms with Crippen molar-refractivity contribution in [2.45, 2.75) is 25.5 Å². The Balaban J connectivity index is 2.19. The number of aromatic hydroxyl groups is 2. The van der Waals surface area contributed by atoms with Gasteiger partial charge in [-0.3, -0.25) is 9.88 Å². The zero-order valence-electron chi connectivity index (χ0n) is 10.1. The molecule has 17 heavy (non-hydrogen) atoms. The van der Waals surface area contributed by atoms with Crippen molar-refractivity contribution in [3.8, 4) is 17.5 Å². The molecule has 2 atom stereocenters. The lowest BCUT2D eigenvalue weighted by atomic mass is 9.87. The molecule has 5 nitrogen and oxygen atoms in total. The molecule has 1 aromatic rings. The highest BCUT2D eigenvalue weighted by Gasteiger charge is 2.51. The maximum absolute atomic E-state index is 9.85. The molecule has 2 aliphatic rings. The zero-order valence-corrected chi connectivity index (χ0v) is 10.1. The average molecular weight is 236 g/mol. The average Bonchev–Trinajstić information content (AvgIpc) is 2.62. The summed E-state index contributed by atoms with van der Waals surface area (Å²) in [6.45, 7) is 4.85. The lowest BCUT2D eigenvalue weighted by molar-refractivity contribution is 0.0547. The minimum absolute atomic E-state index is 0.00831. The third-order valence-electron chi connectivity index (χ3n) is 3.56. The predicted molar refractivity (Wildman–Crippen MR) is 62.3 cm³/mol. The minimum Gasteiger partial charge on any atom is -0.494 e. The van der Waals surface area contributed by atoms with Crippen molar-refractivity contribution in [3.63, 3.8) is 0 Å². The van der Waals surface area contributed by atoms with Gasteiger partial charge in [0.1, 0.15) is 5.60 Å². The van der Waals surface area contributed by atoms with Crippen LogP contribution in [0.3, 0.4) is 0 Å². The number of hydrogen-bond acceptors (Lipinski definition) is 4. The number of ether oxygens (including phenoxy) is 1. The summed E-state index contributed by atoms with van der Waals surface area (Å²) in [7, 11) is 1.99. The molecule has 0 saturated heterocycles. The van der Waals surface area contributed by atoms with Gasteiger partial charge in [-0.1, -0.05) is 5.57 Å². The quantitative estimate of drug-likeness (QED) is 0.597. The first-order chi connectivity index (χ1) is 7.92. The Labute approximate surface area is 99.3 Å². The number of rotatable bonds is 0. The predicted octanol–water partition coefficient (Wildman–Crippen LogP) is 1.51. The molecule has 3 rings (SSSR count). The second kappa shape index (κ2) is 2.98. The number of aromatic nitrogens is 1. The van der Waals surface area contributed by atoms with Gasteiger partial charge in [-0.05, 0) is 27.0 Å². The van der Waals surface area contributed by atoms with Gasteiger partial charge in [0.2, 0.25) is 5.88 Å². The van der Waals surface area contributed by atoms with E-state index in [0.717, 1.165) is 6.54 Å². The summed E-state index contributed by atoms with van der Waals surface area (Å²) >= 11 is 0. The molecule has 2 aliphatic heterocycles. The molecule has 3 heterocycles. The molecule has 0 fully saturated rings. The molecule has 0 bridgehead atoms. The van der Waals surface area contributed by atoms with Crippen LogP contribution >= 0.6 is 0 Å². The van der Waals surface area contributed by atoms with Crippen molar-refractivity contribution in [1.29, 1.82) is 0 Å². The standard InChI is InChI=1S/C12H16N2O3/c1-6-4-12(2)9(14(3)5-6)7-8(17-12)11(16)13-10(7)15/h4,9,13,15-16H,5H2,1-3H3/t9-,12-/m0/s1. The van der Waals surface area contributed by atoms with Crippen LogP contribution in [-0.4, -0.2) is 39.3 Å². The SMILES string of the molecule is CC1=C[C@]2(C)Oc3c(O)[nH]c(O)c3[C@@H]2N(C)C1. The molecule has 0 unspecified atom stereocenters. The van der Waals surface area contributed by atoms with Crippen molar-refractivity contribution in [2.75, 3.05) is 13.6 Å². The van der Waals surface area contributed by atoms with Gasteiger partial charge in [0.25, 0.3) is 0 Å². The first-order valence-electron chi connectivity index (χ1n) is 5.64. The topological polar surface area (TPSA) is 68.7 Å². The van der Waals surface area contributed by atoms with E-state index in [1.807, 2.05) is 14.0 Å². The summed E-state index contributed by atoms with van der Waals surface area (Å²) in [5, 5.41) is 19.5. The maximum Gasteiger partial charge on any atom is 0.235 e. The van der Waals surface area contributed by atoms with Crippen LogP contribution in [0.15, 0.2) is 11.6 Å². The molecule has 0 radical (unpaired) electrons. The van der Waals surface area contributed by atoms with Gasteiger partial charge < -0.3 is 14.9 Å². The zero-order chi connectivity index (χ0) is 12.4. The Bertz CT molecular complexity index is 520. The highest BCUT2D eigenvalue weighted by Crippen LogP contribution is 2.55. The first-order valence-corrected chi connectivity index (χ1v) is 5.64. The number of hydrogen-bond donors (Lipinski definition) is 3. The van der Waals surface area contributed by atoms with E-state index in [0.29, 0.717) is 11.3 Å². The van der Waals surface area contributed by atoms with E-state index in [1.165, 1.54) is 5.57 Å². The molecular weight excluding hydrogens is 220 g/mol. The summed E-state index contributed by atoms with van der Waals surface area (Å²) < 4.78 is 5.83. The summed E-state index contributed by atoms with van der Waals surface area (Å²) in [6, 6.07) is -0.0710. The van der Waals surface area contributed by atoms with Gasteiger partial charge in [-0.15, -0.1) is 0 Å². The third-order valence-corrected chi connectivity index (χ3v) is 3.56. The minimum atomic E-state index is -0.522. The van der Waals surface area contributed by atoms with E-state index in [1.54, 1.807) is 0 Å². The Morgan fingerprint density at radius 3 is 2.88 bits per heavy atom. The van der Waals surface area contributed by atoms with Crippen molar-refractivity contribution in [3.05, 3.63) is 17.2 Å². The van der Waals surface area contributed by atoms with Gasteiger partial charge >= 0.3 is 0 Å². The second-order valence-electron chi connectivity index (χ2n) is 5.16. The van der Waals surface area contributed by atoms with Crippen molar-refractivity contribution < 1.29 is 14.9 Å². The van der Waals surface area contributed by atoms with E-state index >= 15 is 0 Å². The monoisotopic (exact) mass is 236 g/mol. The number of aromatic amines is 1. The number of fused-ring (bicyclic) bond motifs is 3. The third kappa shape index (κ3) is 1.23. The van der Waals surface area contributed by atoms with Crippen LogP contribution in [0.4, 0.5) is 0 Å². The molecule has 0 saturated carbocycles. The second-order valence-corrected chi connectivity index (χ2v) is 5.16. The summed E-state index contributed by atoms with van der Waals surface area (Å²) in [5.74, 6) is 0.256. The van der Waals surface area contributed by atoms with Gasteiger partial charge in [0, 0.05) is 6.54 Å². The Hall–Kier alpha value is -1.62. The molecule has 0 aliphatic carbocycles. The van der Waals surface area contributed by atoms with Crippen molar-refractivity contribution in [1.82, 2.24) is 9.88 Å². The fourth-order valence-electron chi connectivity index (χ4n) is 3.18. The molecule has 0 spiro atoms. The van der Waals surface area contributed by atoms with Crippen LogP contribution in [-0.2, 0) is 0 Å². The van der Waals surface area contributed by atoms with E-state index in [4.69, 9.17) is 4.74 Å². The molecule has 5 heteroatoms. The molecule has 0 aromatic carbocycles. The molecule has 92 valence electrons. The molecule has 3 N–H and O–H groups in total. The van der Waals surface area contributed by atoms with Gasteiger partial charge in [0.05, 0.1) is 11.6 Å². The number of likely N-dealkylation sites (N-methyl/N-ethyl adjacent to an activating group) is 1. The summed E-state index contributed by atoms with van der Waals surface area (Å²) in [5.41, 5.74) is 1.35. The Kier molecular flexibility index (Phi) is 1.85. The fourth-order valence-corrected chi connectivity index (χ4v) is 3.18. The van der Waals surface area contributed by atoms with Gasteiger partial charge in [-0.2, -0.15) is 0 Å². The first kappa shape index (κ1) is 10.5. The smallest absolute Gasteiger partial charge is 0.235 e. The highest BCUT2D eigenvalue weighted by atomic mass is 16.5. The van der Waals surface area contributed by atoms with E-state index in [2.05, 4.69) is 22.9 Å². The highest BCUT2D eigenvalue weighted by molar-refractivity contribution is 5.57. The largest absolute Gasteiger partial charge is 0.494 e. The van der Waals surface area contributed by atoms with Crippen LogP contribution in [0.2, 0.25) is 0 Å². The van der Waals surface area contributed by atoms with Crippen LogP contribution < -0.4 is 4.74 Å². The van der Waals surface area contributed by atoms with Gasteiger partial charge in [0.15, 0.2) is 11.6 Å². The molecular formula is C12H16N2O3. The number of H-pyrrole nitrogens is 1. The van der Waals surface area contributed by atoms with E-state index in [9.17, 15) is 10.2 Å². The lowest BCUT2D eigenvalue weighted by Gasteiger charge is -2.39. The summed E-state index contributed by atoms with van der Waals surface area (Å²) in [6.07, 6.45) is 2.07. The van der Waals surface area contributed by atoms with Gasteiger partial charge in [-0.25, -0.2) is 0 Å². The molecule has 1 aromatic heterocycles. The van der Waals surface area contributed by atoms with Crippen LogP contribution in [0, 0.1) is 0 Å². The maximum atomic E-state index is 9.85. The van der Waals surface area contributed by atoms with E-state index in [-0.39, 0.29) is 17.8 Å². The molecule has 0 amide bonds. The van der Waals surface area contributed by atoms with Crippen LogP contribution in [0.1, 0.15) is 25.5 Å². The Morgan fingerprint density at radius 2 is 2.18 bits per heavy atom. The summed E-state index contributed by atoms with van der Waals surface area (Å²) in [4.78, 5) is 4.62. The number of nitrogens with one attached hydrogen (secondary N) is 1.